The van der Waals surface area contributed by atoms with Gasteiger partial charge in [-0.15, -0.1) is 0 Å². The van der Waals surface area contributed by atoms with Crippen molar-refractivity contribution in [3.8, 4) is 0 Å². The second kappa shape index (κ2) is 7.95. The molecule has 154 valence electrons. The summed E-state index contributed by atoms with van der Waals surface area (Å²) in [7, 11) is -3.65. The molecule has 1 heterocycles. The van der Waals surface area contributed by atoms with Crippen LogP contribution in [0.2, 0.25) is 10.0 Å². The van der Waals surface area contributed by atoms with E-state index in [1.165, 1.54) is 4.31 Å². The van der Waals surface area contributed by atoms with Crippen LogP contribution in [0.25, 0.3) is 0 Å². The highest BCUT2D eigenvalue weighted by Crippen LogP contribution is 2.34. The Bertz CT molecular complexity index is 1240. The Morgan fingerprint density at radius 3 is 2.40 bits per heavy atom. The molecule has 0 radical (unpaired) electrons. The predicted molar refractivity (Wildman–Crippen MR) is 120 cm³/mol. The summed E-state index contributed by atoms with van der Waals surface area (Å²) in [6, 6.07) is 16.7. The first-order valence-electron chi connectivity index (χ1n) is 9.24. The van der Waals surface area contributed by atoms with Crippen molar-refractivity contribution in [2.75, 3.05) is 16.2 Å². The third-order valence-corrected chi connectivity index (χ3v) is 7.55. The first-order chi connectivity index (χ1) is 14.3. The minimum atomic E-state index is -3.65. The van der Waals surface area contributed by atoms with E-state index < -0.39 is 10.0 Å². The average molecular weight is 461 g/mol. The maximum absolute atomic E-state index is 13.1. The van der Waals surface area contributed by atoms with Crippen molar-refractivity contribution in [2.24, 2.45) is 0 Å². The molecule has 0 saturated carbocycles. The second-order valence-electron chi connectivity index (χ2n) is 7.07. The van der Waals surface area contributed by atoms with E-state index in [1.54, 1.807) is 60.7 Å². The maximum atomic E-state index is 13.1. The van der Waals surface area contributed by atoms with E-state index >= 15 is 0 Å². The smallest absolute Gasteiger partial charge is 0.264 e. The van der Waals surface area contributed by atoms with Crippen LogP contribution in [-0.4, -0.2) is 20.9 Å². The molecule has 0 bridgehead atoms. The van der Waals surface area contributed by atoms with Crippen LogP contribution in [0.3, 0.4) is 0 Å². The van der Waals surface area contributed by atoms with E-state index in [9.17, 15) is 13.2 Å². The summed E-state index contributed by atoms with van der Waals surface area (Å²) in [5.74, 6) is -0.309. The fourth-order valence-corrected chi connectivity index (χ4v) is 5.18. The summed E-state index contributed by atoms with van der Waals surface area (Å²) < 4.78 is 27.5. The molecule has 30 heavy (non-hydrogen) atoms. The molecular weight excluding hydrogens is 443 g/mol. The third kappa shape index (κ3) is 3.90. The molecule has 0 fully saturated rings. The minimum absolute atomic E-state index is 0.252. The number of nitrogens with one attached hydrogen (secondary N) is 1. The molecule has 4 rings (SSSR count). The Morgan fingerprint density at radius 1 is 0.967 bits per heavy atom. The molecule has 5 nitrogen and oxygen atoms in total. The summed E-state index contributed by atoms with van der Waals surface area (Å²) in [6.07, 6.45) is 0.536. The normalized spacial score (nSPS) is 13.2. The molecule has 0 unspecified atom stereocenters. The van der Waals surface area contributed by atoms with Gasteiger partial charge in [0.2, 0.25) is 0 Å². The first-order valence-corrected chi connectivity index (χ1v) is 11.4. The van der Waals surface area contributed by atoms with Crippen LogP contribution in [0.1, 0.15) is 21.5 Å². The van der Waals surface area contributed by atoms with Crippen molar-refractivity contribution in [3.63, 3.8) is 0 Å². The number of nitrogens with zero attached hydrogens (tertiary/aromatic N) is 1. The zero-order chi connectivity index (χ0) is 21.5. The SMILES string of the molecule is Cc1ccc(S(=O)(=O)N2CCc3cc(C(=O)Nc4ccc(Cl)c(Cl)c4)ccc32)cc1. The van der Waals surface area contributed by atoms with E-state index in [-0.39, 0.29) is 10.8 Å². The van der Waals surface area contributed by atoms with Crippen LogP contribution in [0, 0.1) is 6.92 Å². The van der Waals surface area contributed by atoms with Crippen LogP contribution in [0.5, 0.6) is 0 Å². The highest BCUT2D eigenvalue weighted by molar-refractivity contribution is 7.92. The zero-order valence-electron chi connectivity index (χ0n) is 16.0. The van der Waals surface area contributed by atoms with Gasteiger partial charge >= 0.3 is 0 Å². The van der Waals surface area contributed by atoms with Gasteiger partial charge in [0.15, 0.2) is 0 Å². The maximum Gasteiger partial charge on any atom is 0.264 e. The fraction of sp³-hybridized carbons (Fsp3) is 0.136. The predicted octanol–water partition coefficient (Wildman–Crippen LogP) is 5.31. The number of sulfonamides is 1. The van der Waals surface area contributed by atoms with Gasteiger partial charge in [-0.3, -0.25) is 9.10 Å². The van der Waals surface area contributed by atoms with Gasteiger partial charge in [-0.05, 0) is 67.4 Å². The Hall–Kier alpha value is -2.54. The lowest BCUT2D eigenvalue weighted by molar-refractivity contribution is 0.102. The average Bonchev–Trinajstić information content (AvgIpc) is 3.15. The van der Waals surface area contributed by atoms with Gasteiger partial charge in [0, 0.05) is 17.8 Å². The molecule has 1 N–H and O–H groups in total. The number of hydrogen-bond acceptors (Lipinski definition) is 3. The molecule has 0 atom stereocenters. The lowest BCUT2D eigenvalue weighted by Gasteiger charge is -2.20. The molecule has 3 aromatic rings. The number of carbonyl (C=O) groups excluding carboxylic acids is 1. The van der Waals surface area contributed by atoms with Crippen molar-refractivity contribution in [2.45, 2.75) is 18.2 Å². The van der Waals surface area contributed by atoms with Gasteiger partial charge in [-0.1, -0.05) is 40.9 Å². The van der Waals surface area contributed by atoms with Gasteiger partial charge in [0.1, 0.15) is 0 Å². The minimum Gasteiger partial charge on any atom is -0.322 e. The largest absolute Gasteiger partial charge is 0.322 e. The number of hydrogen-bond donors (Lipinski definition) is 1. The highest BCUT2D eigenvalue weighted by atomic mass is 35.5. The zero-order valence-corrected chi connectivity index (χ0v) is 18.4. The van der Waals surface area contributed by atoms with E-state index in [0.717, 1.165) is 11.1 Å². The van der Waals surface area contributed by atoms with Crippen molar-refractivity contribution in [1.82, 2.24) is 0 Å². The summed E-state index contributed by atoms with van der Waals surface area (Å²) in [6.45, 7) is 2.25. The highest BCUT2D eigenvalue weighted by Gasteiger charge is 2.31. The molecule has 3 aromatic carbocycles. The van der Waals surface area contributed by atoms with Gasteiger partial charge in [0.05, 0.1) is 20.6 Å². The quantitative estimate of drug-likeness (QED) is 0.573. The second-order valence-corrected chi connectivity index (χ2v) is 9.74. The molecule has 8 heteroatoms. The van der Waals surface area contributed by atoms with Gasteiger partial charge in [-0.25, -0.2) is 8.42 Å². The Labute approximate surface area is 185 Å². The lowest BCUT2D eigenvalue weighted by atomic mass is 10.1. The topological polar surface area (TPSA) is 66.5 Å². The van der Waals surface area contributed by atoms with Gasteiger partial charge in [-0.2, -0.15) is 0 Å². The molecular formula is C22H18Cl2N2O3S. The van der Waals surface area contributed by atoms with Crippen LogP contribution in [-0.2, 0) is 16.4 Å². The van der Waals surface area contributed by atoms with Crippen molar-refractivity contribution in [3.05, 3.63) is 87.4 Å². The Kier molecular flexibility index (Phi) is 5.49. The van der Waals surface area contributed by atoms with Crippen molar-refractivity contribution < 1.29 is 13.2 Å². The van der Waals surface area contributed by atoms with E-state index in [4.69, 9.17) is 23.2 Å². The fourth-order valence-electron chi connectivity index (χ4n) is 3.38. The van der Waals surface area contributed by atoms with Crippen LogP contribution in [0.15, 0.2) is 65.6 Å². The van der Waals surface area contributed by atoms with E-state index in [1.807, 2.05) is 6.92 Å². The van der Waals surface area contributed by atoms with Gasteiger partial charge in [0.25, 0.3) is 15.9 Å². The number of rotatable bonds is 4. The molecule has 1 amide bonds. The Morgan fingerprint density at radius 2 is 1.70 bits per heavy atom. The number of benzene rings is 3. The van der Waals surface area contributed by atoms with Crippen LogP contribution >= 0.6 is 23.2 Å². The third-order valence-electron chi connectivity index (χ3n) is 4.98. The standard InChI is InChI=1S/C22H18Cl2N2O3S/c1-14-2-6-18(7-3-14)30(28,29)26-11-10-15-12-16(4-9-21(15)26)22(27)25-17-5-8-19(23)20(24)13-17/h2-9,12-13H,10-11H2,1H3,(H,25,27). The molecule has 0 aliphatic carbocycles. The van der Waals surface area contributed by atoms with Crippen molar-refractivity contribution in [1.29, 1.82) is 0 Å². The van der Waals surface area contributed by atoms with E-state index in [0.29, 0.717) is 39.9 Å². The first kappa shape index (κ1) is 20.7. The summed E-state index contributed by atoms with van der Waals surface area (Å²) in [5.41, 5.74) is 3.37. The van der Waals surface area contributed by atoms with E-state index in [2.05, 4.69) is 5.32 Å². The van der Waals surface area contributed by atoms with Gasteiger partial charge < -0.3 is 5.32 Å². The molecule has 0 aromatic heterocycles. The molecule has 0 spiro atoms. The lowest BCUT2D eigenvalue weighted by Crippen LogP contribution is -2.29. The number of halogens is 2. The molecule has 1 aliphatic heterocycles. The number of carbonyl (C=O) groups is 1. The van der Waals surface area contributed by atoms with Crippen LogP contribution < -0.4 is 9.62 Å². The monoisotopic (exact) mass is 460 g/mol. The molecule has 1 aliphatic rings. The number of fused-ring (bicyclic) bond motifs is 1. The molecule has 0 saturated heterocycles. The number of aryl methyl sites for hydroxylation is 1. The number of amides is 1. The summed E-state index contributed by atoms with van der Waals surface area (Å²) in [5, 5.41) is 3.53. The summed E-state index contributed by atoms with van der Waals surface area (Å²) in [4.78, 5) is 12.9. The van der Waals surface area contributed by atoms with Crippen molar-refractivity contribution >= 4 is 50.5 Å². The van der Waals surface area contributed by atoms with Crippen LogP contribution in [0.4, 0.5) is 11.4 Å². The number of anilines is 2. The summed E-state index contributed by atoms with van der Waals surface area (Å²) >= 11 is 11.9. The Balaban J connectivity index is 1.58.